The zero-order valence-electron chi connectivity index (χ0n) is 11.1. The Kier molecular flexibility index (Phi) is 3.84. The van der Waals surface area contributed by atoms with Crippen molar-refractivity contribution in [3.63, 3.8) is 0 Å². The highest BCUT2D eigenvalue weighted by Crippen LogP contribution is 2.26. The third-order valence-electron chi connectivity index (χ3n) is 3.57. The van der Waals surface area contributed by atoms with E-state index in [9.17, 15) is 0 Å². The third kappa shape index (κ3) is 3.16. The van der Waals surface area contributed by atoms with Gasteiger partial charge in [-0.2, -0.15) is 0 Å². The fourth-order valence-corrected chi connectivity index (χ4v) is 3.21. The van der Waals surface area contributed by atoms with Crippen LogP contribution < -0.4 is 0 Å². The zero-order valence-corrected chi connectivity index (χ0v) is 11.9. The quantitative estimate of drug-likeness (QED) is 0.863. The molecule has 2 aromatic heterocycles. The molecule has 0 amide bonds. The van der Waals surface area contributed by atoms with E-state index in [0.29, 0.717) is 5.92 Å². The normalized spacial score (nSPS) is 20.6. The standard InChI is InChI=1S/C14H18N4S/c1-11-5-15-6-14(17-11)12-3-2-4-18(7-12)8-13-9-19-10-16-13/h5-6,9-10,12H,2-4,7-8H2,1H3. The summed E-state index contributed by atoms with van der Waals surface area (Å²) in [5.41, 5.74) is 5.24. The van der Waals surface area contributed by atoms with Gasteiger partial charge in [0.15, 0.2) is 0 Å². The van der Waals surface area contributed by atoms with Crippen LogP contribution >= 0.6 is 11.3 Å². The van der Waals surface area contributed by atoms with Gasteiger partial charge < -0.3 is 0 Å². The van der Waals surface area contributed by atoms with E-state index in [4.69, 9.17) is 0 Å². The Morgan fingerprint density at radius 3 is 3.16 bits per heavy atom. The van der Waals surface area contributed by atoms with E-state index in [0.717, 1.165) is 31.0 Å². The van der Waals surface area contributed by atoms with Crippen LogP contribution in [0, 0.1) is 6.92 Å². The van der Waals surface area contributed by atoms with Crippen molar-refractivity contribution in [3.05, 3.63) is 40.4 Å². The van der Waals surface area contributed by atoms with Crippen molar-refractivity contribution in [1.29, 1.82) is 0 Å². The topological polar surface area (TPSA) is 41.9 Å². The number of hydrogen-bond donors (Lipinski definition) is 0. The van der Waals surface area contributed by atoms with Crippen LogP contribution in [0.3, 0.4) is 0 Å². The molecule has 4 nitrogen and oxygen atoms in total. The molecule has 100 valence electrons. The van der Waals surface area contributed by atoms with Crippen molar-refractivity contribution in [3.8, 4) is 0 Å². The molecule has 1 fully saturated rings. The second-order valence-electron chi connectivity index (χ2n) is 5.14. The summed E-state index contributed by atoms with van der Waals surface area (Å²) in [5, 5.41) is 2.14. The molecule has 2 aromatic rings. The molecule has 0 N–H and O–H groups in total. The van der Waals surface area contributed by atoms with Gasteiger partial charge in [0.1, 0.15) is 0 Å². The molecule has 1 saturated heterocycles. The number of piperidine rings is 1. The summed E-state index contributed by atoms with van der Waals surface area (Å²) in [5.74, 6) is 0.514. The lowest BCUT2D eigenvalue weighted by molar-refractivity contribution is 0.196. The Labute approximate surface area is 117 Å². The first-order valence-electron chi connectivity index (χ1n) is 6.69. The van der Waals surface area contributed by atoms with Crippen molar-refractivity contribution < 1.29 is 0 Å². The number of aryl methyl sites for hydroxylation is 1. The molecule has 1 unspecified atom stereocenters. The van der Waals surface area contributed by atoms with Gasteiger partial charge in [-0.3, -0.25) is 14.9 Å². The van der Waals surface area contributed by atoms with Gasteiger partial charge >= 0.3 is 0 Å². The zero-order chi connectivity index (χ0) is 13.1. The van der Waals surface area contributed by atoms with Crippen molar-refractivity contribution >= 4 is 11.3 Å². The van der Waals surface area contributed by atoms with Gasteiger partial charge in [-0.05, 0) is 26.3 Å². The fourth-order valence-electron chi connectivity index (χ4n) is 2.66. The fraction of sp³-hybridized carbons (Fsp3) is 0.500. The maximum atomic E-state index is 4.63. The van der Waals surface area contributed by atoms with E-state index in [-0.39, 0.29) is 0 Å². The summed E-state index contributed by atoms with van der Waals surface area (Å²) in [7, 11) is 0. The first-order valence-corrected chi connectivity index (χ1v) is 7.63. The lowest BCUT2D eigenvalue weighted by Crippen LogP contribution is -2.34. The molecular formula is C14H18N4S. The van der Waals surface area contributed by atoms with Gasteiger partial charge in [0.25, 0.3) is 0 Å². The van der Waals surface area contributed by atoms with Gasteiger partial charge in [0.05, 0.1) is 22.6 Å². The van der Waals surface area contributed by atoms with Crippen LogP contribution in [-0.4, -0.2) is 32.9 Å². The van der Waals surface area contributed by atoms with Gasteiger partial charge in [-0.15, -0.1) is 11.3 Å². The molecule has 0 radical (unpaired) electrons. The van der Waals surface area contributed by atoms with E-state index in [1.54, 1.807) is 11.3 Å². The predicted octanol–water partition coefficient (Wildman–Crippen LogP) is 2.62. The highest BCUT2D eigenvalue weighted by atomic mass is 32.1. The minimum absolute atomic E-state index is 0.514. The van der Waals surface area contributed by atoms with Crippen LogP contribution in [0.15, 0.2) is 23.3 Å². The van der Waals surface area contributed by atoms with E-state index in [1.807, 2.05) is 24.8 Å². The van der Waals surface area contributed by atoms with Crippen LogP contribution in [0.25, 0.3) is 0 Å². The maximum absolute atomic E-state index is 4.63. The average molecular weight is 274 g/mol. The molecule has 0 saturated carbocycles. The minimum Gasteiger partial charge on any atom is -0.297 e. The number of rotatable bonds is 3. The molecule has 19 heavy (non-hydrogen) atoms. The Morgan fingerprint density at radius 1 is 1.42 bits per heavy atom. The highest BCUT2D eigenvalue weighted by Gasteiger charge is 2.23. The second-order valence-corrected chi connectivity index (χ2v) is 5.86. The van der Waals surface area contributed by atoms with Crippen molar-refractivity contribution in [1.82, 2.24) is 19.9 Å². The molecule has 0 aromatic carbocycles. The highest BCUT2D eigenvalue weighted by molar-refractivity contribution is 7.07. The molecule has 1 atom stereocenters. The molecule has 3 rings (SSSR count). The van der Waals surface area contributed by atoms with Gasteiger partial charge in [0.2, 0.25) is 0 Å². The summed E-state index contributed by atoms with van der Waals surface area (Å²) in [6, 6.07) is 0. The Bertz CT molecular complexity index is 526. The lowest BCUT2D eigenvalue weighted by Gasteiger charge is -2.31. The number of aromatic nitrogens is 3. The van der Waals surface area contributed by atoms with Crippen molar-refractivity contribution in [2.24, 2.45) is 0 Å². The summed E-state index contributed by atoms with van der Waals surface area (Å²) < 4.78 is 0. The van der Waals surface area contributed by atoms with Gasteiger partial charge in [-0.1, -0.05) is 0 Å². The predicted molar refractivity (Wildman–Crippen MR) is 76.1 cm³/mol. The van der Waals surface area contributed by atoms with E-state index in [2.05, 4.69) is 25.2 Å². The molecule has 1 aliphatic heterocycles. The molecular weight excluding hydrogens is 256 g/mol. The van der Waals surface area contributed by atoms with E-state index < -0.39 is 0 Å². The van der Waals surface area contributed by atoms with E-state index >= 15 is 0 Å². The summed E-state index contributed by atoms with van der Waals surface area (Å²) in [6.45, 7) is 5.19. The Morgan fingerprint density at radius 2 is 2.37 bits per heavy atom. The molecule has 1 aliphatic rings. The first-order chi connectivity index (χ1) is 9.31. The van der Waals surface area contributed by atoms with Gasteiger partial charge in [0, 0.05) is 36.8 Å². The monoisotopic (exact) mass is 274 g/mol. The van der Waals surface area contributed by atoms with Crippen LogP contribution in [-0.2, 0) is 6.54 Å². The SMILES string of the molecule is Cc1cncc(C2CCCN(Cc3cscn3)C2)n1. The largest absolute Gasteiger partial charge is 0.297 e. The lowest BCUT2D eigenvalue weighted by atomic mass is 9.95. The van der Waals surface area contributed by atoms with Crippen LogP contribution in [0.4, 0.5) is 0 Å². The van der Waals surface area contributed by atoms with Crippen LogP contribution in [0.5, 0.6) is 0 Å². The second kappa shape index (κ2) is 5.75. The number of hydrogen-bond acceptors (Lipinski definition) is 5. The molecule has 0 aliphatic carbocycles. The molecule has 3 heterocycles. The first kappa shape index (κ1) is 12.7. The Balaban J connectivity index is 1.67. The smallest absolute Gasteiger partial charge is 0.0795 e. The van der Waals surface area contributed by atoms with Crippen LogP contribution in [0.2, 0.25) is 0 Å². The number of nitrogens with zero attached hydrogens (tertiary/aromatic N) is 4. The number of likely N-dealkylation sites (tertiary alicyclic amines) is 1. The van der Waals surface area contributed by atoms with Crippen molar-refractivity contribution in [2.75, 3.05) is 13.1 Å². The van der Waals surface area contributed by atoms with Crippen molar-refractivity contribution in [2.45, 2.75) is 32.2 Å². The van der Waals surface area contributed by atoms with Gasteiger partial charge in [-0.25, -0.2) is 4.98 Å². The molecule has 5 heteroatoms. The maximum Gasteiger partial charge on any atom is 0.0795 e. The number of thiazole rings is 1. The van der Waals surface area contributed by atoms with Crippen LogP contribution in [0.1, 0.15) is 35.8 Å². The minimum atomic E-state index is 0.514. The summed E-state index contributed by atoms with van der Waals surface area (Å²) >= 11 is 1.67. The summed E-state index contributed by atoms with van der Waals surface area (Å²) in [4.78, 5) is 15.7. The summed E-state index contributed by atoms with van der Waals surface area (Å²) in [6.07, 6.45) is 6.18. The Hall–Kier alpha value is -1.33. The third-order valence-corrected chi connectivity index (χ3v) is 4.20. The average Bonchev–Trinajstić information content (AvgIpc) is 2.92. The van der Waals surface area contributed by atoms with E-state index in [1.165, 1.54) is 18.5 Å². The molecule has 0 spiro atoms. The molecule has 0 bridgehead atoms.